The van der Waals surface area contributed by atoms with E-state index in [1.54, 1.807) is 0 Å². The van der Waals surface area contributed by atoms with E-state index < -0.39 is 5.91 Å². The van der Waals surface area contributed by atoms with Crippen molar-refractivity contribution >= 4 is 11.7 Å². The van der Waals surface area contributed by atoms with Gasteiger partial charge in [-0.25, -0.2) is 4.98 Å². The number of fused-ring (bicyclic) bond motifs is 1. The molecule has 0 atom stereocenters. The van der Waals surface area contributed by atoms with E-state index in [0.29, 0.717) is 11.4 Å². The number of hydrogen-bond acceptors (Lipinski definition) is 4. The number of aryl methyl sites for hydroxylation is 2. The molecule has 0 aliphatic heterocycles. The third kappa shape index (κ3) is 3.70. The second-order valence-electron chi connectivity index (χ2n) is 5.20. The van der Waals surface area contributed by atoms with Crippen molar-refractivity contribution in [3.63, 3.8) is 0 Å². The highest BCUT2D eigenvalue weighted by atomic mass is 16.1. The highest BCUT2D eigenvalue weighted by Gasteiger charge is 2.17. The Labute approximate surface area is 120 Å². The van der Waals surface area contributed by atoms with Crippen molar-refractivity contribution in [1.82, 2.24) is 10.3 Å². The van der Waals surface area contributed by atoms with Crippen LogP contribution in [-0.4, -0.2) is 30.5 Å². The van der Waals surface area contributed by atoms with E-state index >= 15 is 0 Å². The number of amides is 1. The molecule has 1 aromatic rings. The minimum absolute atomic E-state index is 0.403. The van der Waals surface area contributed by atoms with Gasteiger partial charge in [0, 0.05) is 12.2 Å². The molecule has 110 valence electrons. The molecular formula is C15H24N4O. The largest absolute Gasteiger partial charge is 0.369 e. The summed E-state index contributed by atoms with van der Waals surface area (Å²) >= 11 is 0. The number of nitrogens with zero attached hydrogens (tertiary/aromatic N) is 1. The lowest BCUT2D eigenvalue weighted by Crippen LogP contribution is -2.21. The van der Waals surface area contributed by atoms with Crippen LogP contribution in [0.4, 0.5) is 5.82 Å². The Morgan fingerprint density at radius 2 is 2.15 bits per heavy atom. The first-order valence-corrected chi connectivity index (χ1v) is 7.49. The van der Waals surface area contributed by atoms with Gasteiger partial charge in [-0.05, 0) is 56.8 Å². The monoisotopic (exact) mass is 276 g/mol. The van der Waals surface area contributed by atoms with Gasteiger partial charge in [-0.15, -0.1) is 0 Å². The summed E-state index contributed by atoms with van der Waals surface area (Å²) in [4.78, 5) is 16.2. The number of anilines is 1. The highest BCUT2D eigenvalue weighted by Crippen LogP contribution is 2.24. The average molecular weight is 276 g/mol. The smallest absolute Gasteiger partial charge is 0.252 e. The summed E-state index contributed by atoms with van der Waals surface area (Å²) in [5, 5.41) is 6.52. The Bertz CT molecular complexity index is 473. The molecule has 1 amide bonds. The number of nitrogens with one attached hydrogen (secondary N) is 2. The Kier molecular flexibility index (Phi) is 5.35. The van der Waals surface area contributed by atoms with Crippen molar-refractivity contribution in [1.29, 1.82) is 0 Å². The fourth-order valence-electron chi connectivity index (χ4n) is 2.55. The van der Waals surface area contributed by atoms with E-state index in [1.807, 2.05) is 6.07 Å². The number of hydrogen-bond donors (Lipinski definition) is 3. The van der Waals surface area contributed by atoms with E-state index in [4.69, 9.17) is 5.73 Å². The zero-order valence-corrected chi connectivity index (χ0v) is 12.2. The Morgan fingerprint density at radius 1 is 1.35 bits per heavy atom. The predicted molar refractivity (Wildman–Crippen MR) is 81.0 cm³/mol. The number of pyridine rings is 1. The predicted octanol–water partition coefficient (Wildman–Crippen LogP) is 1.47. The number of aromatic nitrogens is 1. The first-order valence-electron chi connectivity index (χ1n) is 7.49. The molecule has 0 bridgehead atoms. The maximum atomic E-state index is 11.6. The summed E-state index contributed by atoms with van der Waals surface area (Å²) in [5.74, 6) is 0.245. The van der Waals surface area contributed by atoms with Crippen LogP contribution in [0.1, 0.15) is 47.8 Å². The van der Waals surface area contributed by atoms with Crippen molar-refractivity contribution in [2.24, 2.45) is 5.73 Å². The van der Waals surface area contributed by atoms with Gasteiger partial charge in [-0.1, -0.05) is 6.92 Å². The third-order valence-electron chi connectivity index (χ3n) is 3.64. The molecule has 1 heterocycles. The zero-order valence-electron chi connectivity index (χ0n) is 12.2. The highest BCUT2D eigenvalue weighted by molar-refractivity contribution is 5.97. The van der Waals surface area contributed by atoms with Gasteiger partial charge in [0.1, 0.15) is 5.82 Å². The van der Waals surface area contributed by atoms with Gasteiger partial charge in [0.25, 0.3) is 5.91 Å². The van der Waals surface area contributed by atoms with Crippen LogP contribution in [0.3, 0.4) is 0 Å². The first kappa shape index (κ1) is 14.8. The van der Waals surface area contributed by atoms with Gasteiger partial charge < -0.3 is 16.4 Å². The first-order chi connectivity index (χ1) is 9.72. The molecule has 0 fully saturated rings. The summed E-state index contributed by atoms with van der Waals surface area (Å²) in [7, 11) is 0. The number of carbonyl (C=O) groups excluding carboxylic acids is 1. The molecular weight excluding hydrogens is 252 g/mol. The lowest BCUT2D eigenvalue weighted by Gasteiger charge is -2.18. The lowest BCUT2D eigenvalue weighted by molar-refractivity contribution is 0.100. The second-order valence-corrected chi connectivity index (χ2v) is 5.20. The Morgan fingerprint density at radius 3 is 2.90 bits per heavy atom. The van der Waals surface area contributed by atoms with Crippen molar-refractivity contribution in [3.05, 3.63) is 22.9 Å². The van der Waals surface area contributed by atoms with Crippen LogP contribution in [0.2, 0.25) is 0 Å². The molecule has 0 radical (unpaired) electrons. The molecule has 0 aromatic carbocycles. The standard InChI is InChI=1S/C15H24N4O/c1-2-17-8-5-9-18-15-12(14(16)20)10-11-6-3-4-7-13(11)19-15/h10,17H,2-9H2,1H3,(H2,16,20)(H,18,19). The van der Waals surface area contributed by atoms with E-state index in [2.05, 4.69) is 22.5 Å². The van der Waals surface area contributed by atoms with Crippen molar-refractivity contribution in [2.45, 2.75) is 39.0 Å². The Balaban J connectivity index is 2.07. The number of rotatable bonds is 7. The number of primary amides is 1. The molecule has 2 rings (SSSR count). The second kappa shape index (κ2) is 7.24. The summed E-state index contributed by atoms with van der Waals surface area (Å²) in [6.07, 6.45) is 5.34. The van der Waals surface area contributed by atoms with Crippen molar-refractivity contribution in [2.75, 3.05) is 25.0 Å². The minimum Gasteiger partial charge on any atom is -0.369 e. The van der Waals surface area contributed by atoms with Crippen molar-refractivity contribution < 1.29 is 4.79 Å². The molecule has 0 unspecified atom stereocenters. The summed E-state index contributed by atoms with van der Waals surface area (Å²) in [6.45, 7) is 4.81. The number of nitrogens with two attached hydrogens (primary N) is 1. The van der Waals surface area contributed by atoms with Crippen LogP contribution in [-0.2, 0) is 12.8 Å². The fraction of sp³-hybridized carbons (Fsp3) is 0.600. The van der Waals surface area contributed by atoms with Crippen LogP contribution < -0.4 is 16.4 Å². The zero-order chi connectivity index (χ0) is 14.4. The van der Waals surface area contributed by atoms with E-state index in [9.17, 15) is 4.79 Å². The Hall–Kier alpha value is -1.62. The van der Waals surface area contributed by atoms with E-state index in [-0.39, 0.29) is 0 Å². The van der Waals surface area contributed by atoms with Gasteiger partial charge >= 0.3 is 0 Å². The minimum atomic E-state index is -0.403. The molecule has 0 spiro atoms. The van der Waals surface area contributed by atoms with Gasteiger partial charge in [0.15, 0.2) is 0 Å². The molecule has 4 N–H and O–H groups in total. The fourth-order valence-corrected chi connectivity index (χ4v) is 2.55. The molecule has 1 aromatic heterocycles. The van der Waals surface area contributed by atoms with Crippen LogP contribution in [0.25, 0.3) is 0 Å². The van der Waals surface area contributed by atoms with Gasteiger partial charge in [-0.3, -0.25) is 4.79 Å². The summed E-state index contributed by atoms with van der Waals surface area (Å²) in [6, 6.07) is 1.93. The van der Waals surface area contributed by atoms with Gasteiger partial charge in [0.2, 0.25) is 0 Å². The van der Waals surface area contributed by atoms with Gasteiger partial charge in [-0.2, -0.15) is 0 Å². The quantitative estimate of drug-likeness (QED) is 0.659. The molecule has 5 nitrogen and oxygen atoms in total. The normalized spacial score (nSPS) is 13.8. The van der Waals surface area contributed by atoms with Crippen LogP contribution in [0.15, 0.2) is 6.07 Å². The maximum Gasteiger partial charge on any atom is 0.252 e. The molecule has 1 aliphatic rings. The summed E-state index contributed by atoms with van der Waals surface area (Å²) < 4.78 is 0. The van der Waals surface area contributed by atoms with E-state index in [1.165, 1.54) is 18.4 Å². The molecule has 20 heavy (non-hydrogen) atoms. The third-order valence-corrected chi connectivity index (χ3v) is 3.64. The van der Waals surface area contributed by atoms with Crippen LogP contribution >= 0.6 is 0 Å². The maximum absolute atomic E-state index is 11.6. The average Bonchev–Trinajstić information content (AvgIpc) is 2.46. The van der Waals surface area contributed by atoms with Gasteiger partial charge in [0.05, 0.1) is 5.56 Å². The molecule has 5 heteroatoms. The molecule has 0 saturated heterocycles. The SMILES string of the molecule is CCNCCCNc1nc2c(cc1C(N)=O)CCCC2. The molecule has 1 aliphatic carbocycles. The van der Waals surface area contributed by atoms with Crippen LogP contribution in [0.5, 0.6) is 0 Å². The van der Waals surface area contributed by atoms with Crippen LogP contribution in [0, 0.1) is 0 Å². The number of carbonyl (C=O) groups is 1. The summed E-state index contributed by atoms with van der Waals surface area (Å²) in [5.41, 5.74) is 8.30. The lowest BCUT2D eigenvalue weighted by atomic mass is 9.94. The topological polar surface area (TPSA) is 80.0 Å². The van der Waals surface area contributed by atoms with Crippen molar-refractivity contribution in [3.8, 4) is 0 Å². The van der Waals surface area contributed by atoms with E-state index in [0.717, 1.165) is 44.6 Å². The molecule has 0 saturated carbocycles.